The van der Waals surface area contributed by atoms with Gasteiger partial charge >= 0.3 is 0 Å². The number of thiazole rings is 1. The molecule has 1 aliphatic rings. The third-order valence-corrected chi connectivity index (χ3v) is 5.34. The smallest absolute Gasteiger partial charge is 0.254 e. The first-order chi connectivity index (χ1) is 11.6. The van der Waals surface area contributed by atoms with Crippen molar-refractivity contribution in [3.63, 3.8) is 0 Å². The van der Waals surface area contributed by atoms with E-state index in [0.29, 0.717) is 18.7 Å². The molecule has 0 unspecified atom stereocenters. The molecule has 0 bridgehead atoms. The summed E-state index contributed by atoms with van der Waals surface area (Å²) in [6.07, 6.45) is 2.61. The maximum absolute atomic E-state index is 12.5. The second-order valence-electron chi connectivity index (χ2n) is 6.02. The number of hydrogen-bond acceptors (Lipinski definition) is 5. The molecule has 6 nitrogen and oxygen atoms in total. The van der Waals surface area contributed by atoms with E-state index in [9.17, 15) is 9.59 Å². The molecule has 24 heavy (non-hydrogen) atoms. The molecule has 0 radical (unpaired) electrons. The van der Waals surface area contributed by atoms with Gasteiger partial charge in [-0.25, -0.2) is 4.98 Å². The van der Waals surface area contributed by atoms with Crippen LogP contribution in [0.1, 0.15) is 28.0 Å². The van der Waals surface area contributed by atoms with E-state index in [1.165, 1.54) is 15.6 Å². The van der Waals surface area contributed by atoms with Crippen molar-refractivity contribution in [1.82, 2.24) is 19.4 Å². The quantitative estimate of drug-likeness (QED) is 0.839. The van der Waals surface area contributed by atoms with Crippen LogP contribution < -0.4 is 5.56 Å². The van der Waals surface area contributed by atoms with Gasteiger partial charge in [0, 0.05) is 63.0 Å². The van der Waals surface area contributed by atoms with E-state index >= 15 is 0 Å². The SMILES string of the molecule is CCc1nc(CN2CCN(C(=O)c3ccn(C)c(=O)c3)CC2)cs1. The van der Waals surface area contributed by atoms with Crippen molar-refractivity contribution >= 4 is 17.2 Å². The van der Waals surface area contributed by atoms with Gasteiger partial charge in [0.15, 0.2) is 0 Å². The molecule has 7 heteroatoms. The Balaban J connectivity index is 1.57. The van der Waals surface area contributed by atoms with Crippen molar-refractivity contribution in [1.29, 1.82) is 0 Å². The monoisotopic (exact) mass is 346 g/mol. The zero-order valence-electron chi connectivity index (χ0n) is 14.1. The Bertz CT molecular complexity index is 775. The van der Waals surface area contributed by atoms with Crippen molar-refractivity contribution in [3.8, 4) is 0 Å². The summed E-state index contributed by atoms with van der Waals surface area (Å²) >= 11 is 1.71. The van der Waals surface area contributed by atoms with E-state index in [0.717, 1.165) is 31.7 Å². The van der Waals surface area contributed by atoms with E-state index < -0.39 is 0 Å². The van der Waals surface area contributed by atoms with Crippen LogP contribution in [0, 0.1) is 0 Å². The summed E-state index contributed by atoms with van der Waals surface area (Å²) in [7, 11) is 1.68. The molecule has 128 valence electrons. The van der Waals surface area contributed by atoms with Crippen LogP contribution in [0.5, 0.6) is 0 Å². The van der Waals surface area contributed by atoms with Crippen LogP contribution in [-0.4, -0.2) is 51.4 Å². The van der Waals surface area contributed by atoms with Crippen LogP contribution >= 0.6 is 11.3 Å². The normalized spacial score (nSPS) is 15.7. The van der Waals surface area contributed by atoms with Gasteiger partial charge in [0.05, 0.1) is 10.7 Å². The zero-order valence-corrected chi connectivity index (χ0v) is 14.9. The van der Waals surface area contributed by atoms with Crippen molar-refractivity contribution in [2.24, 2.45) is 7.05 Å². The number of carbonyl (C=O) groups is 1. The van der Waals surface area contributed by atoms with E-state index in [-0.39, 0.29) is 11.5 Å². The Kier molecular flexibility index (Phi) is 5.11. The first-order valence-electron chi connectivity index (χ1n) is 8.18. The molecule has 3 rings (SSSR count). The predicted molar refractivity (Wildman–Crippen MR) is 94.4 cm³/mol. The number of nitrogens with zero attached hydrogens (tertiary/aromatic N) is 4. The highest BCUT2D eigenvalue weighted by Crippen LogP contribution is 2.14. The van der Waals surface area contributed by atoms with Crippen molar-refractivity contribution in [2.75, 3.05) is 26.2 Å². The van der Waals surface area contributed by atoms with Crippen molar-refractivity contribution < 1.29 is 4.79 Å². The van der Waals surface area contributed by atoms with Gasteiger partial charge in [-0.1, -0.05) is 6.92 Å². The van der Waals surface area contributed by atoms with E-state index in [1.54, 1.807) is 30.6 Å². The minimum atomic E-state index is -0.158. The van der Waals surface area contributed by atoms with Gasteiger partial charge < -0.3 is 9.47 Å². The number of carbonyl (C=O) groups excluding carboxylic acids is 1. The molecule has 3 heterocycles. The van der Waals surface area contributed by atoms with Crippen molar-refractivity contribution in [2.45, 2.75) is 19.9 Å². The maximum Gasteiger partial charge on any atom is 0.254 e. The number of pyridine rings is 1. The van der Waals surface area contributed by atoms with E-state index in [2.05, 4.69) is 22.2 Å². The number of piperazine rings is 1. The Morgan fingerprint density at radius 3 is 2.67 bits per heavy atom. The molecule has 1 fully saturated rings. The fourth-order valence-corrected chi connectivity index (χ4v) is 3.52. The van der Waals surface area contributed by atoms with E-state index in [4.69, 9.17) is 0 Å². The molecule has 0 saturated carbocycles. The fraction of sp³-hybridized carbons (Fsp3) is 0.471. The zero-order chi connectivity index (χ0) is 17.1. The maximum atomic E-state index is 12.5. The van der Waals surface area contributed by atoms with Gasteiger partial charge in [0.25, 0.3) is 11.5 Å². The minimum absolute atomic E-state index is 0.0609. The third-order valence-electron chi connectivity index (χ3n) is 4.30. The van der Waals surface area contributed by atoms with Crippen LogP contribution in [0.25, 0.3) is 0 Å². The minimum Gasteiger partial charge on any atom is -0.336 e. The molecule has 0 spiro atoms. The molecule has 0 aliphatic carbocycles. The summed E-state index contributed by atoms with van der Waals surface area (Å²) in [6.45, 7) is 5.97. The summed E-state index contributed by atoms with van der Waals surface area (Å²) < 4.78 is 1.47. The third kappa shape index (κ3) is 3.73. The lowest BCUT2D eigenvalue weighted by atomic mass is 10.2. The lowest BCUT2D eigenvalue weighted by Crippen LogP contribution is -2.48. The molecular formula is C17H22N4O2S. The van der Waals surface area contributed by atoms with Gasteiger partial charge in [-0.3, -0.25) is 14.5 Å². The van der Waals surface area contributed by atoms with Crippen molar-refractivity contribution in [3.05, 3.63) is 50.3 Å². The largest absolute Gasteiger partial charge is 0.336 e. The first-order valence-corrected chi connectivity index (χ1v) is 9.06. The molecule has 0 N–H and O–H groups in total. The second kappa shape index (κ2) is 7.27. The molecule has 1 amide bonds. The molecular weight excluding hydrogens is 324 g/mol. The number of amides is 1. The van der Waals surface area contributed by atoms with Gasteiger partial charge in [0.1, 0.15) is 0 Å². The average molecular weight is 346 g/mol. The van der Waals surface area contributed by atoms with Crippen LogP contribution in [0.3, 0.4) is 0 Å². The van der Waals surface area contributed by atoms with Gasteiger partial charge in [-0.05, 0) is 12.5 Å². The highest BCUT2D eigenvalue weighted by atomic mass is 32.1. The van der Waals surface area contributed by atoms with Gasteiger partial charge in [-0.15, -0.1) is 11.3 Å². The molecule has 0 atom stereocenters. The van der Waals surface area contributed by atoms with Crippen LogP contribution in [0.4, 0.5) is 0 Å². The molecule has 1 saturated heterocycles. The highest BCUT2D eigenvalue weighted by Gasteiger charge is 2.22. The second-order valence-corrected chi connectivity index (χ2v) is 6.96. The fourth-order valence-electron chi connectivity index (χ4n) is 2.79. The molecule has 2 aromatic rings. The number of aryl methyl sites for hydroxylation is 2. The standard InChI is InChI=1S/C17H22N4O2S/c1-3-15-18-14(12-24-15)11-20-6-8-21(9-7-20)17(23)13-4-5-19(2)16(22)10-13/h4-5,10,12H,3,6-9,11H2,1-2H3. The van der Waals surface area contributed by atoms with Gasteiger partial charge in [-0.2, -0.15) is 0 Å². The Morgan fingerprint density at radius 2 is 2.04 bits per heavy atom. The summed E-state index contributed by atoms with van der Waals surface area (Å²) in [4.78, 5) is 33.0. The number of rotatable bonds is 4. The lowest BCUT2D eigenvalue weighted by Gasteiger charge is -2.34. The Morgan fingerprint density at radius 1 is 1.29 bits per heavy atom. The summed E-state index contributed by atoms with van der Waals surface area (Å²) in [5.41, 5.74) is 1.43. The Hall–Kier alpha value is -1.99. The summed E-state index contributed by atoms with van der Waals surface area (Å²) in [5, 5.41) is 3.29. The molecule has 0 aromatic carbocycles. The topological polar surface area (TPSA) is 58.4 Å². The predicted octanol–water partition coefficient (Wildman–Crippen LogP) is 1.36. The summed E-state index contributed by atoms with van der Waals surface area (Å²) in [6, 6.07) is 3.12. The molecule has 1 aliphatic heterocycles. The summed E-state index contributed by atoms with van der Waals surface area (Å²) in [5.74, 6) is -0.0609. The lowest BCUT2D eigenvalue weighted by molar-refractivity contribution is 0.0627. The number of aromatic nitrogens is 2. The highest BCUT2D eigenvalue weighted by molar-refractivity contribution is 7.09. The number of hydrogen-bond donors (Lipinski definition) is 0. The van der Waals surface area contributed by atoms with E-state index in [1.807, 2.05) is 4.90 Å². The molecule has 2 aromatic heterocycles. The first kappa shape index (κ1) is 16.9. The Labute approximate surface area is 145 Å². The van der Waals surface area contributed by atoms with Crippen LogP contribution in [0.2, 0.25) is 0 Å². The van der Waals surface area contributed by atoms with Crippen LogP contribution in [0.15, 0.2) is 28.5 Å². The van der Waals surface area contributed by atoms with Gasteiger partial charge in [0.2, 0.25) is 0 Å². The average Bonchev–Trinajstić information content (AvgIpc) is 3.05. The van der Waals surface area contributed by atoms with Crippen LogP contribution in [-0.2, 0) is 20.0 Å².